The van der Waals surface area contributed by atoms with E-state index in [1.165, 1.54) is 43.2 Å². The number of rotatable bonds is 4. The summed E-state index contributed by atoms with van der Waals surface area (Å²) in [6.45, 7) is 4.11. The van der Waals surface area contributed by atoms with Crippen LogP contribution in [0.2, 0.25) is 0 Å². The number of allylic oxidation sites excluding steroid dienone is 1. The second-order valence-electron chi connectivity index (χ2n) is 5.25. The predicted octanol–water partition coefficient (Wildman–Crippen LogP) is 4.08. The summed E-state index contributed by atoms with van der Waals surface area (Å²) in [6, 6.07) is 5.39. The van der Waals surface area contributed by atoms with Gasteiger partial charge in [0.2, 0.25) is 0 Å². The van der Waals surface area contributed by atoms with Gasteiger partial charge in [-0.25, -0.2) is 0 Å². The van der Waals surface area contributed by atoms with E-state index in [4.69, 9.17) is 4.74 Å². The Morgan fingerprint density at radius 3 is 3.00 bits per heavy atom. The van der Waals surface area contributed by atoms with Gasteiger partial charge in [0.25, 0.3) is 0 Å². The molecule has 1 unspecified atom stereocenters. The van der Waals surface area contributed by atoms with Crippen LogP contribution in [-0.2, 0) is 6.42 Å². The van der Waals surface area contributed by atoms with Crippen LogP contribution in [0.25, 0.3) is 0 Å². The van der Waals surface area contributed by atoms with Crippen molar-refractivity contribution >= 4 is 0 Å². The van der Waals surface area contributed by atoms with Gasteiger partial charge in [-0.3, -0.25) is 0 Å². The molecule has 1 fully saturated rings. The van der Waals surface area contributed by atoms with Crippen molar-refractivity contribution in [3.05, 3.63) is 35.9 Å². The highest BCUT2D eigenvalue weighted by Gasteiger charge is 2.16. The van der Waals surface area contributed by atoms with Crippen LogP contribution in [-0.4, -0.2) is 12.2 Å². The zero-order chi connectivity index (χ0) is 13.0. The molecule has 0 radical (unpaired) electrons. The minimum absolute atomic E-state index is 0.265. The fourth-order valence-electron chi connectivity index (χ4n) is 2.80. The third-order valence-corrected chi connectivity index (χ3v) is 3.81. The lowest BCUT2D eigenvalue weighted by Gasteiger charge is -2.23. The Bertz CT molecular complexity index is 423. The fourth-order valence-corrected chi connectivity index (χ4v) is 2.80. The van der Waals surface area contributed by atoms with Crippen molar-refractivity contribution in [2.24, 2.45) is 5.92 Å². The number of phenolic OH excluding ortho intramolecular Hbond substituents is 1. The molecule has 1 N–H and O–H groups in total. The van der Waals surface area contributed by atoms with E-state index in [-0.39, 0.29) is 5.75 Å². The van der Waals surface area contributed by atoms with Gasteiger partial charge < -0.3 is 9.84 Å². The van der Waals surface area contributed by atoms with Crippen LogP contribution in [0.4, 0.5) is 0 Å². The Kier molecular flexibility index (Phi) is 4.29. The van der Waals surface area contributed by atoms with Gasteiger partial charge in [-0.2, -0.15) is 0 Å². The second-order valence-corrected chi connectivity index (χ2v) is 5.25. The van der Waals surface area contributed by atoms with Gasteiger partial charge in [0, 0.05) is 6.07 Å². The van der Waals surface area contributed by atoms with Gasteiger partial charge in [0.1, 0.15) is 11.5 Å². The Hall–Kier alpha value is -1.44. The summed E-state index contributed by atoms with van der Waals surface area (Å²) in [5, 5.41) is 9.43. The summed E-state index contributed by atoms with van der Waals surface area (Å²) in [4.78, 5) is 0. The van der Waals surface area contributed by atoms with E-state index in [1.54, 1.807) is 19.2 Å². The molecule has 0 amide bonds. The molecule has 98 valence electrons. The highest BCUT2D eigenvalue weighted by atomic mass is 16.5. The Labute approximate surface area is 109 Å². The first kappa shape index (κ1) is 13.0. The molecular formula is C16H22O2. The van der Waals surface area contributed by atoms with E-state index in [9.17, 15) is 5.11 Å². The monoisotopic (exact) mass is 246 g/mol. The summed E-state index contributed by atoms with van der Waals surface area (Å²) in [5.74, 6) is 1.83. The molecule has 0 heterocycles. The highest BCUT2D eigenvalue weighted by Crippen LogP contribution is 2.32. The maximum atomic E-state index is 9.43. The van der Waals surface area contributed by atoms with Gasteiger partial charge in [0.15, 0.2) is 0 Å². The topological polar surface area (TPSA) is 29.5 Å². The molecule has 2 heteroatoms. The lowest BCUT2D eigenvalue weighted by atomic mass is 9.83. The molecule has 1 aromatic carbocycles. The number of ether oxygens (including phenoxy) is 1. The van der Waals surface area contributed by atoms with Crippen molar-refractivity contribution < 1.29 is 9.84 Å². The van der Waals surface area contributed by atoms with Crippen LogP contribution < -0.4 is 4.74 Å². The second kappa shape index (κ2) is 5.94. The van der Waals surface area contributed by atoms with Crippen molar-refractivity contribution in [3.8, 4) is 11.5 Å². The van der Waals surface area contributed by atoms with E-state index in [0.29, 0.717) is 0 Å². The van der Waals surface area contributed by atoms with Crippen molar-refractivity contribution in [2.45, 2.75) is 38.5 Å². The normalized spacial score (nSPS) is 19.8. The van der Waals surface area contributed by atoms with Crippen molar-refractivity contribution in [3.63, 3.8) is 0 Å². The molecule has 0 bridgehead atoms. The Balaban J connectivity index is 1.95. The molecule has 0 spiro atoms. The standard InChI is InChI=1S/C16H22O2/c1-12-4-3-5-13(10-12)6-7-14-8-9-15(17)11-16(14)18-2/h8-9,11,13,17H,1,3-7,10H2,2H3. The maximum absolute atomic E-state index is 9.43. The maximum Gasteiger partial charge on any atom is 0.125 e. The van der Waals surface area contributed by atoms with Gasteiger partial charge in [0.05, 0.1) is 7.11 Å². The van der Waals surface area contributed by atoms with Crippen LogP contribution in [0.5, 0.6) is 11.5 Å². The molecule has 1 atom stereocenters. The fraction of sp³-hybridized carbons (Fsp3) is 0.500. The molecule has 0 saturated heterocycles. The summed E-state index contributed by atoms with van der Waals surface area (Å²) in [5.41, 5.74) is 2.59. The quantitative estimate of drug-likeness (QED) is 0.811. The number of hydrogen-bond donors (Lipinski definition) is 1. The third kappa shape index (κ3) is 3.28. The molecule has 1 saturated carbocycles. The van der Waals surface area contributed by atoms with Crippen LogP contribution in [0, 0.1) is 5.92 Å². The Morgan fingerprint density at radius 1 is 1.44 bits per heavy atom. The largest absolute Gasteiger partial charge is 0.508 e. The van der Waals surface area contributed by atoms with Crippen LogP contribution >= 0.6 is 0 Å². The summed E-state index contributed by atoms with van der Waals surface area (Å²) in [6.07, 6.45) is 7.19. The average Bonchev–Trinajstić information content (AvgIpc) is 2.37. The molecule has 2 rings (SSSR count). The highest BCUT2D eigenvalue weighted by molar-refractivity contribution is 5.40. The number of hydrogen-bond acceptors (Lipinski definition) is 2. The molecule has 1 aliphatic carbocycles. The third-order valence-electron chi connectivity index (χ3n) is 3.81. The number of phenols is 1. The van der Waals surface area contributed by atoms with Gasteiger partial charge in [-0.05, 0) is 56.1 Å². The summed E-state index contributed by atoms with van der Waals surface area (Å²) in [7, 11) is 1.65. The average molecular weight is 246 g/mol. The lowest BCUT2D eigenvalue weighted by Crippen LogP contribution is -2.09. The summed E-state index contributed by atoms with van der Waals surface area (Å²) >= 11 is 0. The van der Waals surface area contributed by atoms with E-state index in [1.807, 2.05) is 6.07 Å². The molecule has 0 aromatic heterocycles. The van der Waals surface area contributed by atoms with Gasteiger partial charge in [-0.15, -0.1) is 0 Å². The molecule has 18 heavy (non-hydrogen) atoms. The Morgan fingerprint density at radius 2 is 2.28 bits per heavy atom. The van der Waals surface area contributed by atoms with Crippen LogP contribution in [0.1, 0.15) is 37.7 Å². The van der Waals surface area contributed by atoms with Gasteiger partial charge >= 0.3 is 0 Å². The zero-order valence-electron chi connectivity index (χ0n) is 11.1. The van der Waals surface area contributed by atoms with Crippen molar-refractivity contribution in [1.29, 1.82) is 0 Å². The minimum Gasteiger partial charge on any atom is -0.508 e. The van der Waals surface area contributed by atoms with Crippen LogP contribution in [0.3, 0.4) is 0 Å². The first-order chi connectivity index (χ1) is 8.69. The number of benzene rings is 1. The molecular weight excluding hydrogens is 224 g/mol. The van der Waals surface area contributed by atoms with E-state index >= 15 is 0 Å². The van der Waals surface area contributed by atoms with E-state index < -0.39 is 0 Å². The summed E-state index contributed by atoms with van der Waals surface area (Å²) < 4.78 is 5.31. The zero-order valence-corrected chi connectivity index (χ0v) is 11.1. The van der Waals surface area contributed by atoms with Crippen molar-refractivity contribution in [2.75, 3.05) is 7.11 Å². The first-order valence-corrected chi connectivity index (χ1v) is 6.71. The van der Waals surface area contributed by atoms with E-state index in [2.05, 4.69) is 6.58 Å². The van der Waals surface area contributed by atoms with Crippen LogP contribution in [0.15, 0.2) is 30.4 Å². The number of aryl methyl sites for hydroxylation is 1. The molecule has 1 aromatic rings. The SMILES string of the molecule is C=C1CCCC(CCc2ccc(O)cc2OC)C1. The minimum atomic E-state index is 0.265. The lowest BCUT2D eigenvalue weighted by molar-refractivity contribution is 0.381. The number of methoxy groups -OCH3 is 1. The first-order valence-electron chi connectivity index (χ1n) is 6.71. The van der Waals surface area contributed by atoms with Crippen molar-refractivity contribution in [1.82, 2.24) is 0 Å². The molecule has 0 aliphatic heterocycles. The number of aromatic hydroxyl groups is 1. The van der Waals surface area contributed by atoms with Gasteiger partial charge in [-0.1, -0.05) is 18.2 Å². The van der Waals surface area contributed by atoms with E-state index in [0.717, 1.165) is 18.1 Å². The molecule has 1 aliphatic rings. The predicted molar refractivity (Wildman–Crippen MR) is 74.1 cm³/mol. The smallest absolute Gasteiger partial charge is 0.125 e. The molecule has 2 nitrogen and oxygen atoms in total.